The maximum Gasteiger partial charge on any atom is 0.137 e. The second-order valence-electron chi connectivity index (χ2n) is 29.8. The number of para-hydroxylation sites is 5. The molecule has 13 heteroatoms. The third-order valence-electron chi connectivity index (χ3n) is 18.4. The Morgan fingerprint density at radius 1 is 0.423 bits per heavy atom. The number of benzene rings is 5. The molecule has 10 heterocycles. The van der Waals surface area contributed by atoms with Gasteiger partial charge in [0.15, 0.2) is 0 Å². The summed E-state index contributed by atoms with van der Waals surface area (Å²) in [6.45, 7) is 49.8. The van der Waals surface area contributed by atoms with E-state index in [-0.39, 0.29) is 0 Å². The van der Waals surface area contributed by atoms with E-state index in [1.165, 1.54) is 126 Å². The molecular weight excluding hydrogens is 1300 g/mol. The van der Waals surface area contributed by atoms with E-state index in [0.29, 0.717) is 53.3 Å². The first kappa shape index (κ1) is 81.7. The summed E-state index contributed by atoms with van der Waals surface area (Å²) in [5, 5.41) is 20.6. The lowest BCUT2D eigenvalue weighted by molar-refractivity contribution is 0.392. The Morgan fingerprint density at radius 2 is 0.923 bits per heavy atom. The number of pyridine rings is 2. The highest BCUT2D eigenvalue weighted by molar-refractivity contribution is 7.11. The van der Waals surface area contributed by atoms with Gasteiger partial charge < -0.3 is 24.0 Å². The zero-order valence-electron chi connectivity index (χ0n) is 67.1. The van der Waals surface area contributed by atoms with Crippen molar-refractivity contribution >= 4 is 71.4 Å². The van der Waals surface area contributed by atoms with E-state index in [0.717, 1.165) is 11.5 Å². The van der Waals surface area contributed by atoms with E-state index in [1.54, 1.807) is 6.20 Å². The highest BCUT2D eigenvalue weighted by Crippen LogP contribution is 2.32. The number of thiazole rings is 1. The van der Waals surface area contributed by atoms with Crippen LogP contribution in [0.1, 0.15) is 255 Å². The van der Waals surface area contributed by atoms with E-state index in [1.807, 2.05) is 84.3 Å². The summed E-state index contributed by atoms with van der Waals surface area (Å²) < 4.78 is 11.1. The molecule has 0 saturated carbocycles. The van der Waals surface area contributed by atoms with Crippen LogP contribution in [0.3, 0.4) is 0 Å². The van der Waals surface area contributed by atoms with Crippen molar-refractivity contribution in [3.63, 3.8) is 0 Å². The van der Waals surface area contributed by atoms with Crippen molar-refractivity contribution in [3.05, 3.63) is 272 Å². The zero-order chi connectivity index (χ0) is 76.1. The van der Waals surface area contributed by atoms with Gasteiger partial charge in [-0.3, -0.25) is 9.67 Å². The van der Waals surface area contributed by atoms with Crippen molar-refractivity contribution in [1.29, 1.82) is 0 Å². The number of hydrogen-bond acceptors (Lipinski definition) is 7. The summed E-state index contributed by atoms with van der Waals surface area (Å²) in [4.78, 5) is 19.7. The van der Waals surface area contributed by atoms with Crippen LogP contribution in [0, 0.1) is 34.6 Å². The largest absolute Gasteiger partial charge is 0.361 e. The van der Waals surface area contributed by atoms with Gasteiger partial charge in [-0.25, -0.2) is 9.50 Å². The van der Waals surface area contributed by atoms with Crippen LogP contribution in [-0.4, -0.2) is 54.0 Å². The number of fused-ring (bicyclic) bond motifs is 6. The molecule has 0 aliphatic carbocycles. The number of aromatic amines is 3. The monoisotopic (exact) mass is 1410 g/mol. The van der Waals surface area contributed by atoms with E-state index in [4.69, 9.17) is 4.52 Å². The fourth-order valence-electron chi connectivity index (χ4n) is 13.2. The molecule has 550 valence electrons. The van der Waals surface area contributed by atoms with Gasteiger partial charge in [-0.2, -0.15) is 10.2 Å². The lowest BCUT2D eigenvalue weighted by atomic mass is 10.00. The van der Waals surface area contributed by atoms with Gasteiger partial charge in [0.25, 0.3) is 0 Å². The number of rotatable bonds is 9. The van der Waals surface area contributed by atoms with Crippen LogP contribution in [0.15, 0.2) is 200 Å². The first-order valence-electron chi connectivity index (χ1n) is 37.3. The Balaban J connectivity index is 0.000000164. The van der Waals surface area contributed by atoms with Crippen LogP contribution in [-0.2, 0) is 14.1 Å². The molecule has 104 heavy (non-hydrogen) atoms. The summed E-state index contributed by atoms with van der Waals surface area (Å²) in [7, 11) is 4.10. The third kappa shape index (κ3) is 21.8. The Bertz CT molecular complexity index is 4730. The summed E-state index contributed by atoms with van der Waals surface area (Å²) in [5.74, 6) is 6.13. The molecule has 3 N–H and O–H groups in total. The van der Waals surface area contributed by atoms with Gasteiger partial charge in [0, 0.05) is 122 Å². The smallest absolute Gasteiger partial charge is 0.137 e. The van der Waals surface area contributed by atoms with E-state index in [2.05, 4.69) is 343 Å². The van der Waals surface area contributed by atoms with Crippen molar-refractivity contribution in [1.82, 2.24) is 54.0 Å². The predicted molar refractivity (Wildman–Crippen MR) is 447 cm³/mol. The Kier molecular flexibility index (Phi) is 30.5. The zero-order valence-corrected chi connectivity index (χ0v) is 67.9. The summed E-state index contributed by atoms with van der Waals surface area (Å²) in [6, 6.07) is 52.5. The fourth-order valence-corrected chi connectivity index (χ4v) is 14.1. The first-order chi connectivity index (χ1) is 49.5. The molecule has 5 aromatic carbocycles. The summed E-state index contributed by atoms with van der Waals surface area (Å²) in [5.41, 5.74) is 21.8. The first-order valence-corrected chi connectivity index (χ1v) is 38.2. The Morgan fingerprint density at radius 3 is 1.38 bits per heavy atom. The molecule has 0 fully saturated rings. The van der Waals surface area contributed by atoms with Crippen molar-refractivity contribution in [3.8, 4) is 0 Å². The molecule has 0 radical (unpaired) electrons. The maximum atomic E-state index is 5.01. The molecule has 12 nitrogen and oxygen atoms in total. The van der Waals surface area contributed by atoms with Crippen LogP contribution in [0.25, 0.3) is 60.0 Å². The highest BCUT2D eigenvalue weighted by atomic mass is 32.1. The summed E-state index contributed by atoms with van der Waals surface area (Å²) >= 11 is 1.81. The van der Waals surface area contributed by atoms with Gasteiger partial charge in [-0.05, 0) is 164 Å². The standard InChI is InChI=1S/2C12H15N.C11H14N2.2C11H13N.C10H12N2.C8H13NO.C8H13NS.C8H11N/c1-9(2)11-8-13(3)12-7-5-4-6-10(11)12;1-8(2)12-9(3)13-11-7-5-4-6-10(11)12;1-8(2)11-9-6-4-5-7-10(9)13(3)12-11;2*1-8(2)10-7-12-11-6-4-3-5-9(10)11;1-8(2)9-7-11-12-6-4-3-5-10(9)12;1-5(2)8-6(3)9-10-7(8)4;1-5(2)8-6(3)9-7(4)10-8;1-7(2)8-4-3-5-9-6-8/h4-9H,1-3H3;4-8,13H,1-3H3;4-8H,1-3H3;2*3-8,12H,1-2H3;3-8H,1-2H3;2*5H,1-4H3;3-7H,1-2H3. The van der Waals surface area contributed by atoms with Gasteiger partial charge in [0.05, 0.1) is 39.3 Å². The van der Waals surface area contributed by atoms with Crippen molar-refractivity contribution in [2.45, 2.75) is 213 Å². The molecule has 0 aliphatic rings. The van der Waals surface area contributed by atoms with Gasteiger partial charge in [0.1, 0.15) is 5.76 Å². The minimum absolute atomic E-state index is 0.492. The Hall–Kier alpha value is -9.59. The van der Waals surface area contributed by atoms with Crippen molar-refractivity contribution < 1.29 is 4.52 Å². The van der Waals surface area contributed by atoms with Crippen molar-refractivity contribution in [2.75, 3.05) is 0 Å². The predicted octanol–water partition coefficient (Wildman–Crippen LogP) is 26.1. The minimum Gasteiger partial charge on any atom is -0.361 e. The maximum absolute atomic E-state index is 5.01. The minimum atomic E-state index is 0.492. The molecule has 0 saturated heterocycles. The molecule has 0 unspecified atom stereocenters. The van der Waals surface area contributed by atoms with Crippen LogP contribution in [0.5, 0.6) is 0 Å². The average molecular weight is 1420 g/mol. The molecule has 10 aromatic heterocycles. The number of nitrogens with one attached hydrogen (secondary N) is 3. The number of aryl methyl sites for hydroxylation is 7. The van der Waals surface area contributed by atoms with Gasteiger partial charge in [0.2, 0.25) is 0 Å². The molecule has 15 aromatic rings. The van der Waals surface area contributed by atoms with Crippen LogP contribution >= 0.6 is 11.3 Å². The SMILES string of the molecule is CC(C)c1c[nH]c2ccccc12.CC(C)c1c[nH]c2ccccc12.CC(C)c1cccnc1.CC(C)c1cn(C)c2ccccc12.CC(C)c1cnn2ccccc12.CC(C)c1nn(C)c2ccccc12.Cc1[nH]c2ccccc2c1C(C)C.Cc1nc(C)c(C(C)C)s1.Cc1noc(C)c1C(C)C. The van der Waals surface area contributed by atoms with Gasteiger partial charge >= 0.3 is 0 Å². The molecule has 0 spiro atoms. The highest BCUT2D eigenvalue weighted by Gasteiger charge is 2.15. The van der Waals surface area contributed by atoms with Gasteiger partial charge in [-0.1, -0.05) is 233 Å². The normalized spacial score (nSPS) is 11.1. The van der Waals surface area contributed by atoms with Crippen LogP contribution in [0.2, 0.25) is 0 Å². The lowest BCUT2D eigenvalue weighted by Crippen LogP contribution is -1.92. The summed E-state index contributed by atoms with van der Waals surface area (Å²) in [6.07, 6.45) is 14.1. The molecule has 0 amide bonds. The topological polar surface area (TPSA) is 139 Å². The number of aromatic nitrogens is 11. The molecule has 15 rings (SSSR count). The average Bonchev–Trinajstić information content (AvgIpc) is 1.67. The van der Waals surface area contributed by atoms with E-state index in [9.17, 15) is 0 Å². The Labute approximate surface area is 625 Å². The van der Waals surface area contributed by atoms with E-state index >= 15 is 0 Å². The molecule has 0 atom stereocenters. The molecular formula is C91H119N11OS. The van der Waals surface area contributed by atoms with Crippen LogP contribution in [0.4, 0.5) is 0 Å². The number of H-pyrrole nitrogens is 3. The van der Waals surface area contributed by atoms with Gasteiger partial charge in [-0.15, -0.1) is 11.3 Å². The third-order valence-corrected chi connectivity index (χ3v) is 19.8. The second-order valence-corrected chi connectivity index (χ2v) is 31.0. The quantitative estimate of drug-likeness (QED) is 0.132. The van der Waals surface area contributed by atoms with E-state index < -0.39 is 0 Å². The van der Waals surface area contributed by atoms with Crippen molar-refractivity contribution in [2.24, 2.45) is 14.1 Å². The molecule has 0 bridgehead atoms. The van der Waals surface area contributed by atoms with Crippen LogP contribution < -0.4 is 0 Å². The lowest BCUT2D eigenvalue weighted by Gasteiger charge is -2.04. The number of nitrogens with zero attached hydrogens (tertiary/aromatic N) is 8. The number of hydrogen-bond donors (Lipinski definition) is 3. The fraction of sp³-hybridized carbons (Fsp3) is 0.374. The molecule has 0 aliphatic heterocycles. The second kappa shape index (κ2) is 38.8.